The minimum Gasteiger partial charge on any atom is -1.00 e. The van der Waals surface area contributed by atoms with Gasteiger partial charge in [-0.2, -0.15) is 12.1 Å². The third kappa shape index (κ3) is 8.89. The van der Waals surface area contributed by atoms with Crippen LogP contribution in [0.4, 0.5) is 0 Å². The van der Waals surface area contributed by atoms with Gasteiger partial charge in [0.15, 0.2) is 0 Å². The van der Waals surface area contributed by atoms with E-state index in [0.29, 0.717) is 5.92 Å². The predicted octanol–water partition coefficient (Wildman–Crippen LogP) is 4.68. The monoisotopic (exact) mass is 656 g/mol. The Balaban J connectivity index is 0.000000238. The van der Waals surface area contributed by atoms with Crippen LogP contribution in [0.2, 0.25) is 13.1 Å². The molecule has 0 spiro atoms. The van der Waals surface area contributed by atoms with Crippen molar-refractivity contribution >= 4 is 27.0 Å². The predicted molar refractivity (Wildman–Crippen MR) is 166 cm³/mol. The Hall–Kier alpha value is -2.22. The fourth-order valence-corrected chi connectivity index (χ4v) is 4.71. The minimum absolute atomic E-state index is 0. The molecule has 0 aliphatic heterocycles. The van der Waals surface area contributed by atoms with E-state index in [1.165, 1.54) is 54.9 Å². The third-order valence-corrected chi connectivity index (χ3v) is 6.50. The molecule has 0 saturated carbocycles. The number of aryl methyl sites for hydroxylation is 1. The molecule has 0 fully saturated rings. The van der Waals surface area contributed by atoms with Crippen molar-refractivity contribution in [3.63, 3.8) is 0 Å². The molecule has 0 aromatic heterocycles. The molecule has 0 radical (unpaired) electrons. The van der Waals surface area contributed by atoms with Crippen LogP contribution in [0.3, 0.4) is 0 Å². The van der Waals surface area contributed by atoms with E-state index in [2.05, 4.69) is 155 Å². The molecule has 0 amide bonds. The largest absolute Gasteiger partial charge is 1.00 e. The Morgan fingerprint density at radius 2 is 1.02 bits per heavy atom. The number of halogens is 2. The van der Waals surface area contributed by atoms with Gasteiger partial charge in [-0.25, -0.2) is 0 Å². The molecule has 0 aliphatic rings. The van der Waals surface area contributed by atoms with Crippen molar-refractivity contribution in [1.29, 1.82) is 0 Å². The van der Waals surface area contributed by atoms with Crippen molar-refractivity contribution in [2.75, 3.05) is 0 Å². The van der Waals surface area contributed by atoms with E-state index in [9.17, 15) is 0 Å². The molecule has 0 atom stereocenters. The van der Waals surface area contributed by atoms with Crippen LogP contribution in [0, 0.1) is 6.92 Å². The van der Waals surface area contributed by atoms with E-state index in [-0.39, 0.29) is 30.2 Å². The first-order valence-electron chi connectivity index (χ1n) is 13.3. The van der Waals surface area contributed by atoms with Crippen LogP contribution in [0.5, 0.6) is 0 Å². The van der Waals surface area contributed by atoms with Gasteiger partial charge in [0.25, 0.3) is 0 Å². The zero-order chi connectivity index (χ0) is 27.1. The molecule has 40 heavy (non-hydrogen) atoms. The Bertz CT molecular complexity index is 1630. The zero-order valence-electron chi connectivity index (χ0n) is 23.9. The molecule has 0 bridgehead atoms. The molecule has 0 heterocycles. The molecule has 0 nitrogen and oxygen atoms in total. The molecule has 0 unspecified atom stereocenters. The average molecular weight is 659 g/mol. The first kappa shape index (κ1) is 34.0. The summed E-state index contributed by atoms with van der Waals surface area (Å²) in [5, 5.41) is 5.40. The summed E-state index contributed by atoms with van der Waals surface area (Å²) in [6.07, 6.45) is 0. The maximum absolute atomic E-state index is 2.34. The van der Waals surface area contributed by atoms with Crippen molar-refractivity contribution in [2.45, 2.75) is 39.8 Å². The SMILES string of the molecule is CC(C)c1cc2c(-c3ccccc3)cccc2[cH-]1.C[Si](C)=[Zr+2].Cc1cc2c(-c3ccccc3)cccc2[cH-]1.[Cl-].[Cl-]. The minimum atomic E-state index is 0. The number of hydrogen-bond acceptors (Lipinski definition) is 0. The summed E-state index contributed by atoms with van der Waals surface area (Å²) in [4.78, 5) is 0. The fraction of sp³-hybridized carbons (Fsp3) is 0.167. The van der Waals surface area contributed by atoms with E-state index in [1.807, 2.05) is 0 Å². The molecule has 6 aromatic carbocycles. The van der Waals surface area contributed by atoms with Crippen LogP contribution < -0.4 is 24.8 Å². The van der Waals surface area contributed by atoms with Gasteiger partial charge in [-0.1, -0.05) is 105 Å². The van der Waals surface area contributed by atoms with E-state index in [4.69, 9.17) is 0 Å². The second kappa shape index (κ2) is 16.3. The van der Waals surface area contributed by atoms with E-state index in [1.54, 1.807) is 23.3 Å². The van der Waals surface area contributed by atoms with Crippen molar-refractivity contribution in [3.05, 3.63) is 132 Å². The van der Waals surface area contributed by atoms with Crippen LogP contribution >= 0.6 is 0 Å². The normalized spacial score (nSPS) is 10.1. The number of hydrogen-bond donors (Lipinski definition) is 0. The fourth-order valence-electron chi connectivity index (χ4n) is 4.71. The number of rotatable bonds is 3. The van der Waals surface area contributed by atoms with Gasteiger partial charge < -0.3 is 24.8 Å². The van der Waals surface area contributed by atoms with Gasteiger partial charge in [0.1, 0.15) is 0 Å². The smallest absolute Gasteiger partial charge is 0.0279 e. The Morgan fingerprint density at radius 1 is 0.600 bits per heavy atom. The number of benzene rings is 4. The Labute approximate surface area is 267 Å². The summed E-state index contributed by atoms with van der Waals surface area (Å²) in [5.74, 6) is 0.584. The van der Waals surface area contributed by atoms with Gasteiger partial charge in [-0.15, -0.1) is 69.1 Å². The average Bonchev–Trinajstić information content (AvgIpc) is 3.53. The molecular weight excluding hydrogens is 623 g/mol. The molecule has 6 rings (SSSR count). The van der Waals surface area contributed by atoms with E-state index < -0.39 is 0 Å². The van der Waals surface area contributed by atoms with Gasteiger partial charge in [0.05, 0.1) is 0 Å². The molecular formula is C36H36Cl2SiZr-2. The van der Waals surface area contributed by atoms with Crippen molar-refractivity contribution in [1.82, 2.24) is 0 Å². The van der Waals surface area contributed by atoms with Crippen molar-refractivity contribution in [3.8, 4) is 22.3 Å². The van der Waals surface area contributed by atoms with Crippen molar-refractivity contribution in [2.24, 2.45) is 0 Å². The first-order valence-corrected chi connectivity index (χ1v) is 19.5. The topological polar surface area (TPSA) is 0 Å². The maximum Gasteiger partial charge on any atom is -0.0279 e. The van der Waals surface area contributed by atoms with Gasteiger partial charge in [-0.05, 0) is 17.0 Å². The van der Waals surface area contributed by atoms with Gasteiger partial charge in [0, 0.05) is 0 Å². The van der Waals surface area contributed by atoms with E-state index >= 15 is 0 Å². The Kier molecular flexibility index (Phi) is 13.8. The van der Waals surface area contributed by atoms with Crippen LogP contribution in [-0.2, 0) is 23.3 Å². The number of fused-ring (bicyclic) bond motifs is 2. The second-order valence-electron chi connectivity index (χ2n) is 10.3. The van der Waals surface area contributed by atoms with Crippen LogP contribution in [-0.4, -0.2) is 5.43 Å². The molecule has 0 N–H and O–H groups in total. The molecule has 6 aromatic rings. The maximum atomic E-state index is 2.34. The van der Waals surface area contributed by atoms with Gasteiger partial charge in [0.2, 0.25) is 0 Å². The summed E-state index contributed by atoms with van der Waals surface area (Å²) < 4.78 is 0. The van der Waals surface area contributed by atoms with Crippen LogP contribution in [0.25, 0.3) is 43.8 Å². The van der Waals surface area contributed by atoms with Gasteiger partial charge in [-0.3, -0.25) is 0 Å². The molecule has 0 saturated heterocycles. The van der Waals surface area contributed by atoms with Gasteiger partial charge >= 0.3 is 41.9 Å². The molecule has 0 aliphatic carbocycles. The third-order valence-electron chi connectivity index (χ3n) is 6.50. The zero-order valence-corrected chi connectivity index (χ0v) is 28.9. The molecule has 204 valence electrons. The molecule has 4 heteroatoms. The van der Waals surface area contributed by atoms with Crippen molar-refractivity contribution < 1.29 is 48.1 Å². The quantitative estimate of drug-likeness (QED) is 0.192. The summed E-state index contributed by atoms with van der Waals surface area (Å²) in [5.41, 5.74) is 8.21. The summed E-state index contributed by atoms with van der Waals surface area (Å²) in [7, 11) is 0. The summed E-state index contributed by atoms with van der Waals surface area (Å²) in [6, 6.07) is 43.4. The van der Waals surface area contributed by atoms with Crippen LogP contribution in [0.1, 0.15) is 30.9 Å². The van der Waals surface area contributed by atoms with Crippen LogP contribution in [0.15, 0.2) is 121 Å². The van der Waals surface area contributed by atoms with E-state index in [0.717, 1.165) is 0 Å². The Morgan fingerprint density at radius 3 is 1.48 bits per heavy atom. The summed E-state index contributed by atoms with van der Waals surface area (Å²) in [6.45, 7) is 11.3. The standard InChI is InChI=1S/C18H17.C16H13.C2H6Si.2ClH.Zr/c1-13(2)16-11-15-9-6-10-17(18(15)12-16)14-7-4-3-5-8-14;1-12-10-14-8-5-9-15(16(14)11-12)13-6-3-2-4-7-13;1-3-2;;;/h3-13H,1-2H3;2-11H,1H3;1-2H3;2*1H;/q2*-1;;;;+2/p-2. The second-order valence-corrected chi connectivity index (χ2v) is 19.7. The summed E-state index contributed by atoms with van der Waals surface area (Å²) >= 11 is 1.74. The first-order chi connectivity index (χ1) is 18.3.